The predicted octanol–water partition coefficient (Wildman–Crippen LogP) is 3.54. The van der Waals surface area contributed by atoms with Gasteiger partial charge in [0.1, 0.15) is 6.04 Å². The van der Waals surface area contributed by atoms with Gasteiger partial charge >= 0.3 is 18.0 Å². The maximum Gasteiger partial charge on any atom is 0.326 e. The van der Waals surface area contributed by atoms with Gasteiger partial charge in [-0.1, -0.05) is 18.2 Å². The van der Waals surface area contributed by atoms with Crippen LogP contribution in [0.15, 0.2) is 64.8 Å². The van der Waals surface area contributed by atoms with Crippen molar-refractivity contribution in [2.24, 2.45) is 10.2 Å². The van der Waals surface area contributed by atoms with Crippen molar-refractivity contribution in [2.75, 3.05) is 5.32 Å². The number of amides is 2. The topological polar surface area (TPSA) is 140 Å². The highest BCUT2D eigenvalue weighted by Gasteiger charge is 2.20. The number of carbonyl (C=O) groups excluding carboxylic acids is 1. The van der Waals surface area contributed by atoms with E-state index in [1.807, 2.05) is 30.3 Å². The maximum atomic E-state index is 11.9. The van der Waals surface area contributed by atoms with Crippen molar-refractivity contribution in [3.63, 3.8) is 0 Å². The third kappa shape index (κ3) is 6.94. The van der Waals surface area contributed by atoms with Crippen LogP contribution >= 0.6 is 0 Å². The fourth-order valence-electron chi connectivity index (χ4n) is 2.07. The van der Waals surface area contributed by atoms with Gasteiger partial charge in [0.05, 0.1) is 11.4 Å². The Labute approximate surface area is 154 Å². The molecule has 9 nitrogen and oxygen atoms in total. The minimum absolute atomic E-state index is 0.211. The van der Waals surface area contributed by atoms with E-state index in [1.165, 1.54) is 0 Å². The minimum Gasteiger partial charge on any atom is -0.481 e. The minimum atomic E-state index is -1.30. The molecule has 27 heavy (non-hydrogen) atoms. The number of azo groups is 1. The van der Waals surface area contributed by atoms with Crippen LogP contribution in [0.5, 0.6) is 0 Å². The molecule has 0 spiro atoms. The van der Waals surface area contributed by atoms with Gasteiger partial charge in [0.2, 0.25) is 0 Å². The second-order valence-electron chi connectivity index (χ2n) is 5.50. The third-order valence-electron chi connectivity index (χ3n) is 3.41. The highest BCUT2D eigenvalue weighted by Crippen LogP contribution is 2.20. The van der Waals surface area contributed by atoms with Crippen LogP contribution < -0.4 is 10.6 Å². The van der Waals surface area contributed by atoms with Crippen LogP contribution in [-0.4, -0.2) is 34.2 Å². The first-order valence-electron chi connectivity index (χ1n) is 8.03. The quantitative estimate of drug-likeness (QED) is 0.526. The number of hydrogen-bond acceptors (Lipinski definition) is 5. The number of benzene rings is 2. The molecule has 4 N–H and O–H groups in total. The van der Waals surface area contributed by atoms with E-state index in [1.54, 1.807) is 24.3 Å². The Morgan fingerprint density at radius 2 is 1.48 bits per heavy atom. The average Bonchev–Trinajstić information content (AvgIpc) is 2.65. The first kappa shape index (κ1) is 19.6. The Morgan fingerprint density at radius 3 is 2.04 bits per heavy atom. The number of urea groups is 1. The molecule has 0 radical (unpaired) electrons. The summed E-state index contributed by atoms with van der Waals surface area (Å²) >= 11 is 0. The fraction of sp³-hybridized carbons (Fsp3) is 0.167. The number of anilines is 1. The molecular formula is C18H18N4O5. The van der Waals surface area contributed by atoms with E-state index in [-0.39, 0.29) is 12.8 Å². The number of aliphatic carboxylic acids is 2. The monoisotopic (exact) mass is 370 g/mol. The van der Waals surface area contributed by atoms with Crippen LogP contribution in [-0.2, 0) is 9.59 Å². The summed E-state index contributed by atoms with van der Waals surface area (Å²) in [7, 11) is 0. The largest absolute Gasteiger partial charge is 0.481 e. The van der Waals surface area contributed by atoms with Gasteiger partial charge in [-0.15, -0.1) is 0 Å². The number of carbonyl (C=O) groups is 3. The van der Waals surface area contributed by atoms with Crippen molar-refractivity contribution < 1.29 is 24.6 Å². The molecular weight excluding hydrogens is 352 g/mol. The molecule has 0 saturated carbocycles. The molecule has 0 fully saturated rings. The van der Waals surface area contributed by atoms with E-state index in [2.05, 4.69) is 20.9 Å². The number of nitrogens with one attached hydrogen (secondary N) is 2. The number of carboxylic acid groups (broad SMARTS) is 2. The molecule has 0 aliphatic rings. The standard InChI is InChI=1S/C18H18N4O5/c23-16(24)11-10-15(17(25)26)20-18(27)19-12-6-8-14(9-7-12)22-21-13-4-2-1-3-5-13/h1-9,15H,10-11H2,(H,23,24)(H,25,26)(H2,19,20,27)/t15-/m1/s1. The Bertz CT molecular complexity index is 821. The number of nitrogens with zero attached hydrogens (tertiary/aromatic N) is 2. The number of hydrogen-bond donors (Lipinski definition) is 4. The molecule has 2 rings (SSSR count). The van der Waals surface area contributed by atoms with Gasteiger partial charge in [0.25, 0.3) is 0 Å². The second kappa shape index (κ2) is 9.66. The van der Waals surface area contributed by atoms with Crippen molar-refractivity contribution in [3.05, 3.63) is 54.6 Å². The summed E-state index contributed by atoms with van der Waals surface area (Å²) in [5.74, 6) is -2.44. The Balaban J connectivity index is 1.91. The van der Waals surface area contributed by atoms with Crippen molar-refractivity contribution >= 4 is 35.0 Å². The van der Waals surface area contributed by atoms with Crippen molar-refractivity contribution in [1.29, 1.82) is 0 Å². The second-order valence-corrected chi connectivity index (χ2v) is 5.50. The molecule has 1 atom stereocenters. The zero-order valence-corrected chi connectivity index (χ0v) is 14.2. The summed E-state index contributed by atoms with van der Waals surface area (Å²) in [5.41, 5.74) is 1.71. The van der Waals surface area contributed by atoms with E-state index in [0.29, 0.717) is 17.1 Å². The summed E-state index contributed by atoms with van der Waals surface area (Å²) in [5, 5.41) is 30.5. The van der Waals surface area contributed by atoms with Crippen molar-refractivity contribution in [2.45, 2.75) is 18.9 Å². The first-order valence-corrected chi connectivity index (χ1v) is 8.03. The van der Waals surface area contributed by atoms with Gasteiger partial charge in [-0.2, -0.15) is 10.2 Å². The van der Waals surface area contributed by atoms with Gasteiger partial charge in [0, 0.05) is 12.1 Å². The van der Waals surface area contributed by atoms with Gasteiger partial charge in [0.15, 0.2) is 0 Å². The summed E-state index contributed by atoms with van der Waals surface area (Å²) in [6, 6.07) is 13.6. The van der Waals surface area contributed by atoms with E-state index in [4.69, 9.17) is 10.2 Å². The lowest BCUT2D eigenvalue weighted by molar-refractivity contribution is -0.140. The van der Waals surface area contributed by atoms with E-state index >= 15 is 0 Å². The first-order chi connectivity index (χ1) is 12.9. The van der Waals surface area contributed by atoms with Crippen LogP contribution in [0.2, 0.25) is 0 Å². The van der Waals surface area contributed by atoms with Gasteiger partial charge in [-0.25, -0.2) is 9.59 Å². The van der Waals surface area contributed by atoms with Crippen LogP contribution in [0.25, 0.3) is 0 Å². The summed E-state index contributed by atoms with van der Waals surface area (Å²) in [6.45, 7) is 0. The molecule has 0 aliphatic heterocycles. The molecule has 0 saturated heterocycles. The molecule has 140 valence electrons. The molecule has 0 aliphatic carbocycles. The number of rotatable bonds is 8. The SMILES string of the molecule is O=C(O)CC[C@@H](NC(=O)Nc1ccc(N=Nc2ccccc2)cc1)C(=O)O. The van der Waals surface area contributed by atoms with Gasteiger partial charge < -0.3 is 20.8 Å². The molecule has 2 aromatic carbocycles. The molecule has 0 heterocycles. The maximum absolute atomic E-state index is 11.9. The molecule has 0 bridgehead atoms. The van der Waals surface area contributed by atoms with Crippen molar-refractivity contribution in [3.8, 4) is 0 Å². The zero-order chi connectivity index (χ0) is 19.6. The summed E-state index contributed by atoms with van der Waals surface area (Å²) < 4.78 is 0. The van der Waals surface area contributed by atoms with E-state index in [9.17, 15) is 14.4 Å². The lowest BCUT2D eigenvalue weighted by Crippen LogP contribution is -2.43. The highest BCUT2D eigenvalue weighted by molar-refractivity contribution is 5.92. The highest BCUT2D eigenvalue weighted by atomic mass is 16.4. The molecule has 9 heteroatoms. The van der Waals surface area contributed by atoms with Gasteiger partial charge in [-0.05, 0) is 42.8 Å². The zero-order valence-electron chi connectivity index (χ0n) is 14.2. The van der Waals surface area contributed by atoms with Crippen molar-refractivity contribution in [1.82, 2.24) is 5.32 Å². The molecule has 0 unspecified atom stereocenters. The lowest BCUT2D eigenvalue weighted by atomic mass is 10.1. The van der Waals surface area contributed by atoms with Gasteiger partial charge in [-0.3, -0.25) is 4.79 Å². The normalized spacial score (nSPS) is 11.7. The lowest BCUT2D eigenvalue weighted by Gasteiger charge is -2.14. The smallest absolute Gasteiger partial charge is 0.326 e. The van der Waals surface area contributed by atoms with Crippen LogP contribution in [0, 0.1) is 0 Å². The Hall–Kier alpha value is -3.75. The van der Waals surface area contributed by atoms with E-state index < -0.39 is 24.0 Å². The Kier molecular flexibility index (Phi) is 7.00. The predicted molar refractivity (Wildman–Crippen MR) is 97.5 cm³/mol. The summed E-state index contributed by atoms with van der Waals surface area (Å²) in [6.07, 6.45) is -0.574. The number of carboxylic acids is 2. The third-order valence-corrected chi connectivity index (χ3v) is 3.41. The average molecular weight is 370 g/mol. The van der Waals surface area contributed by atoms with Crippen LogP contribution in [0.1, 0.15) is 12.8 Å². The fourth-order valence-corrected chi connectivity index (χ4v) is 2.07. The Morgan fingerprint density at radius 1 is 0.889 bits per heavy atom. The van der Waals surface area contributed by atoms with Crippen LogP contribution in [0.3, 0.4) is 0 Å². The van der Waals surface area contributed by atoms with Crippen LogP contribution in [0.4, 0.5) is 21.9 Å². The summed E-state index contributed by atoms with van der Waals surface area (Å²) in [4.78, 5) is 33.5. The van der Waals surface area contributed by atoms with E-state index in [0.717, 1.165) is 0 Å². The molecule has 2 aromatic rings. The molecule has 2 amide bonds. The molecule has 0 aromatic heterocycles.